The predicted octanol–water partition coefficient (Wildman–Crippen LogP) is 2.93. The van der Waals surface area contributed by atoms with E-state index in [-0.39, 0.29) is 16.5 Å². The van der Waals surface area contributed by atoms with Gasteiger partial charge < -0.3 is 4.90 Å². The third kappa shape index (κ3) is 2.49. The lowest BCUT2D eigenvalue weighted by atomic mass is 10.00. The van der Waals surface area contributed by atoms with Crippen LogP contribution in [0.4, 0.5) is 10.2 Å². The number of anilines is 1. The third-order valence-corrected chi connectivity index (χ3v) is 3.94. The maximum absolute atomic E-state index is 14.1. The largest absolute Gasteiger partial charge is 0.356 e. The second kappa shape index (κ2) is 5.41. The molecule has 0 radical (unpaired) electrons. The van der Waals surface area contributed by atoms with Gasteiger partial charge >= 0.3 is 0 Å². The minimum absolute atomic E-state index is 0.0507. The van der Waals surface area contributed by atoms with E-state index in [2.05, 4.69) is 26.8 Å². The first-order valence-corrected chi connectivity index (χ1v) is 7.14. The molecule has 0 spiro atoms. The Morgan fingerprint density at radius 2 is 2.29 bits per heavy atom. The molecule has 0 saturated carbocycles. The summed E-state index contributed by atoms with van der Waals surface area (Å²) in [5.41, 5.74) is 0.0507. The molecule has 1 atom stereocenters. The van der Waals surface area contributed by atoms with E-state index in [4.69, 9.17) is 16.9 Å². The van der Waals surface area contributed by atoms with Gasteiger partial charge in [0.2, 0.25) is 5.82 Å². The maximum Gasteiger partial charge on any atom is 0.234 e. The topological polar surface area (TPSA) is 65.7 Å². The van der Waals surface area contributed by atoms with Gasteiger partial charge in [0.25, 0.3) is 0 Å². The summed E-state index contributed by atoms with van der Waals surface area (Å²) in [6, 6.07) is 1.88. The van der Waals surface area contributed by atoms with Crippen LogP contribution in [0.15, 0.2) is 6.20 Å². The third-order valence-electron chi connectivity index (χ3n) is 3.68. The van der Waals surface area contributed by atoms with Crippen molar-refractivity contribution in [2.75, 3.05) is 18.0 Å². The van der Waals surface area contributed by atoms with E-state index < -0.39 is 5.82 Å². The number of piperidine rings is 1. The number of fused-ring (bicyclic) bond motifs is 1. The van der Waals surface area contributed by atoms with E-state index in [0.29, 0.717) is 17.1 Å². The minimum Gasteiger partial charge on any atom is -0.356 e. The quantitative estimate of drug-likeness (QED) is 0.758. The molecule has 0 aromatic carbocycles. The summed E-state index contributed by atoms with van der Waals surface area (Å²) in [7, 11) is 0. The fourth-order valence-corrected chi connectivity index (χ4v) is 2.83. The van der Waals surface area contributed by atoms with Crippen LogP contribution >= 0.6 is 11.6 Å². The number of hydrogen-bond donors (Lipinski definition) is 0. The summed E-state index contributed by atoms with van der Waals surface area (Å²) in [4.78, 5) is 14.1. The van der Waals surface area contributed by atoms with Crippen molar-refractivity contribution in [3.63, 3.8) is 0 Å². The van der Waals surface area contributed by atoms with Crippen LogP contribution in [-0.2, 0) is 0 Å². The van der Waals surface area contributed by atoms with Crippen molar-refractivity contribution in [2.45, 2.75) is 19.8 Å². The van der Waals surface area contributed by atoms with E-state index in [9.17, 15) is 4.39 Å². The van der Waals surface area contributed by atoms with Crippen LogP contribution in [0.3, 0.4) is 0 Å². The van der Waals surface area contributed by atoms with E-state index in [0.717, 1.165) is 25.9 Å². The van der Waals surface area contributed by atoms with Crippen LogP contribution < -0.4 is 4.90 Å². The summed E-state index contributed by atoms with van der Waals surface area (Å²) in [6.07, 6.45) is 3.66. The zero-order chi connectivity index (χ0) is 15.0. The van der Waals surface area contributed by atoms with Crippen LogP contribution in [0, 0.1) is 23.1 Å². The monoisotopic (exact) mass is 305 g/mol. The predicted molar refractivity (Wildman–Crippen MR) is 77.6 cm³/mol. The Hall–Kier alpha value is -2.00. The fourth-order valence-electron chi connectivity index (χ4n) is 2.69. The molecule has 3 heterocycles. The Labute approximate surface area is 126 Å². The molecule has 5 nitrogen and oxygen atoms in total. The van der Waals surface area contributed by atoms with E-state index in [1.807, 2.05) is 6.07 Å². The molecule has 2 aromatic heterocycles. The Balaban J connectivity index is 2.21. The van der Waals surface area contributed by atoms with Crippen molar-refractivity contribution in [2.24, 2.45) is 5.92 Å². The van der Waals surface area contributed by atoms with Crippen LogP contribution in [0.2, 0.25) is 5.15 Å². The first kappa shape index (κ1) is 14.0. The number of pyridine rings is 1. The van der Waals surface area contributed by atoms with Crippen molar-refractivity contribution in [3.8, 4) is 6.07 Å². The van der Waals surface area contributed by atoms with Gasteiger partial charge in [-0.2, -0.15) is 5.26 Å². The van der Waals surface area contributed by atoms with Crippen LogP contribution in [-0.4, -0.2) is 28.0 Å². The number of hydrogen-bond acceptors (Lipinski definition) is 5. The zero-order valence-corrected chi connectivity index (χ0v) is 12.2. The van der Waals surface area contributed by atoms with Gasteiger partial charge in [-0.25, -0.2) is 19.3 Å². The molecule has 2 aromatic rings. The molecule has 108 valence electrons. The van der Waals surface area contributed by atoms with Gasteiger partial charge in [0.1, 0.15) is 17.4 Å². The summed E-state index contributed by atoms with van der Waals surface area (Å²) in [5.74, 6) is 0.321. The van der Waals surface area contributed by atoms with Crippen molar-refractivity contribution in [3.05, 3.63) is 23.0 Å². The van der Waals surface area contributed by atoms with Crippen LogP contribution in [0.1, 0.15) is 25.6 Å². The fraction of sp³-hybridized carbons (Fsp3) is 0.429. The number of aromatic nitrogens is 3. The standard InChI is InChI=1S/C14H13ClFN5/c1-8-3-2-4-21(7-8)14-9-6-18-13(15)11(16)12(9)19-10(5-17)20-14/h6,8H,2-4,7H2,1H3. The molecular weight excluding hydrogens is 293 g/mol. The molecule has 21 heavy (non-hydrogen) atoms. The second-order valence-electron chi connectivity index (χ2n) is 5.30. The Kier molecular flexibility index (Phi) is 3.60. The average molecular weight is 306 g/mol. The van der Waals surface area contributed by atoms with Gasteiger partial charge in [0, 0.05) is 19.3 Å². The Morgan fingerprint density at radius 1 is 1.48 bits per heavy atom. The molecule has 0 amide bonds. The Bertz CT molecular complexity index is 742. The SMILES string of the molecule is CC1CCCN(c2nc(C#N)nc3c(F)c(Cl)ncc23)C1. The molecule has 1 aliphatic rings. The molecule has 1 saturated heterocycles. The molecular formula is C14H13ClFN5. The van der Waals surface area contributed by atoms with Crippen LogP contribution in [0.5, 0.6) is 0 Å². The Morgan fingerprint density at radius 3 is 3.00 bits per heavy atom. The van der Waals surface area contributed by atoms with Gasteiger partial charge in [0.05, 0.1) is 5.39 Å². The van der Waals surface area contributed by atoms with Crippen LogP contribution in [0.25, 0.3) is 10.9 Å². The van der Waals surface area contributed by atoms with Gasteiger partial charge in [0.15, 0.2) is 11.0 Å². The first-order valence-electron chi connectivity index (χ1n) is 6.77. The zero-order valence-electron chi connectivity index (χ0n) is 11.5. The summed E-state index contributed by atoms with van der Waals surface area (Å²) >= 11 is 5.70. The minimum atomic E-state index is -0.709. The molecule has 1 fully saturated rings. The number of nitriles is 1. The van der Waals surface area contributed by atoms with E-state index in [1.54, 1.807) is 0 Å². The van der Waals surface area contributed by atoms with Gasteiger partial charge in [-0.3, -0.25) is 0 Å². The molecule has 0 bridgehead atoms. The van der Waals surface area contributed by atoms with Gasteiger partial charge in [-0.1, -0.05) is 18.5 Å². The van der Waals surface area contributed by atoms with Gasteiger partial charge in [-0.05, 0) is 18.8 Å². The van der Waals surface area contributed by atoms with E-state index in [1.165, 1.54) is 6.20 Å². The van der Waals surface area contributed by atoms with Crippen molar-refractivity contribution >= 4 is 28.3 Å². The molecule has 0 aliphatic carbocycles. The lowest BCUT2D eigenvalue weighted by Crippen LogP contribution is -2.35. The molecule has 3 rings (SSSR count). The number of halogens is 2. The highest BCUT2D eigenvalue weighted by atomic mass is 35.5. The summed E-state index contributed by atoms with van der Waals surface area (Å²) < 4.78 is 14.1. The normalized spacial score (nSPS) is 18.8. The lowest BCUT2D eigenvalue weighted by molar-refractivity contribution is 0.445. The summed E-state index contributed by atoms with van der Waals surface area (Å²) in [6.45, 7) is 3.81. The van der Waals surface area contributed by atoms with Crippen molar-refractivity contribution < 1.29 is 4.39 Å². The summed E-state index contributed by atoms with van der Waals surface area (Å²) in [5, 5.41) is 9.31. The highest BCUT2D eigenvalue weighted by molar-refractivity contribution is 6.30. The molecule has 1 aliphatic heterocycles. The second-order valence-corrected chi connectivity index (χ2v) is 5.66. The lowest BCUT2D eigenvalue weighted by Gasteiger charge is -2.32. The smallest absolute Gasteiger partial charge is 0.234 e. The van der Waals surface area contributed by atoms with E-state index >= 15 is 0 Å². The van der Waals surface area contributed by atoms with Crippen molar-refractivity contribution in [1.82, 2.24) is 15.0 Å². The number of nitrogens with zero attached hydrogens (tertiary/aromatic N) is 5. The average Bonchev–Trinajstić information content (AvgIpc) is 2.50. The highest BCUT2D eigenvalue weighted by Gasteiger charge is 2.22. The molecule has 0 N–H and O–H groups in total. The van der Waals surface area contributed by atoms with Crippen molar-refractivity contribution in [1.29, 1.82) is 5.26 Å². The molecule has 1 unspecified atom stereocenters. The first-order chi connectivity index (χ1) is 10.1. The number of rotatable bonds is 1. The van der Waals surface area contributed by atoms with Gasteiger partial charge in [-0.15, -0.1) is 0 Å². The molecule has 7 heteroatoms. The highest BCUT2D eigenvalue weighted by Crippen LogP contribution is 2.30. The maximum atomic E-state index is 14.1.